The van der Waals surface area contributed by atoms with Crippen molar-refractivity contribution in [2.75, 3.05) is 112 Å². The highest BCUT2D eigenvalue weighted by molar-refractivity contribution is 4.79. The fourth-order valence-electron chi connectivity index (χ4n) is 2.47. The van der Waals surface area contributed by atoms with E-state index in [9.17, 15) is 4.39 Å². The van der Waals surface area contributed by atoms with Crippen molar-refractivity contribution in [1.29, 1.82) is 0 Å². The Bertz CT molecular complexity index is 300. The Hall–Kier alpha value is -0.390. The predicted molar refractivity (Wildman–Crippen MR) is 112 cm³/mol. The third kappa shape index (κ3) is 18.4. The molecule has 0 spiro atoms. The summed E-state index contributed by atoms with van der Waals surface area (Å²) >= 11 is 0. The maximum Gasteiger partial charge on any atom is 0.113 e. The van der Waals surface area contributed by atoms with Crippen LogP contribution in [-0.4, -0.2) is 112 Å². The van der Waals surface area contributed by atoms with Gasteiger partial charge in [0, 0.05) is 19.8 Å². The number of halogens is 1. The minimum atomic E-state index is -0.501. The van der Waals surface area contributed by atoms with Crippen molar-refractivity contribution in [3.05, 3.63) is 0 Å². The van der Waals surface area contributed by atoms with Gasteiger partial charge in [0.2, 0.25) is 0 Å². The van der Waals surface area contributed by atoms with Crippen LogP contribution in [0, 0.1) is 5.41 Å². The molecule has 0 heterocycles. The summed E-state index contributed by atoms with van der Waals surface area (Å²) in [5, 5.41) is 0. The molecule has 0 aliphatic rings. The molecular formula is C21H43FO8. The second-order valence-electron chi connectivity index (χ2n) is 6.60. The number of ether oxygens (including phenoxy) is 8. The Morgan fingerprint density at radius 2 is 0.733 bits per heavy atom. The summed E-state index contributed by atoms with van der Waals surface area (Å²) in [5.74, 6) is 0. The summed E-state index contributed by atoms with van der Waals surface area (Å²) in [6.45, 7) is 12.6. The normalized spacial score (nSPS) is 12.0. The van der Waals surface area contributed by atoms with E-state index in [1.54, 1.807) is 0 Å². The lowest BCUT2D eigenvalue weighted by molar-refractivity contribution is -0.121. The van der Waals surface area contributed by atoms with Crippen LogP contribution >= 0.6 is 0 Å². The Kier molecular flexibility index (Phi) is 23.0. The van der Waals surface area contributed by atoms with Crippen molar-refractivity contribution in [3.63, 3.8) is 0 Å². The van der Waals surface area contributed by atoms with Gasteiger partial charge in [-0.2, -0.15) is 0 Å². The van der Waals surface area contributed by atoms with E-state index in [-0.39, 0.29) is 6.61 Å². The molecule has 0 aromatic heterocycles. The zero-order chi connectivity index (χ0) is 22.2. The topological polar surface area (TPSA) is 73.8 Å². The summed E-state index contributed by atoms with van der Waals surface area (Å²) < 4.78 is 56.6. The van der Waals surface area contributed by atoms with Gasteiger partial charge in [0.15, 0.2) is 0 Å². The molecule has 0 unspecified atom stereocenters. The molecule has 0 saturated heterocycles. The molecule has 0 N–H and O–H groups in total. The Morgan fingerprint density at radius 3 is 1.03 bits per heavy atom. The maximum atomic E-state index is 12.1. The van der Waals surface area contributed by atoms with Gasteiger partial charge in [0.05, 0.1) is 91.3 Å². The summed E-state index contributed by atoms with van der Waals surface area (Å²) in [7, 11) is 0. The van der Waals surface area contributed by atoms with Crippen LogP contribution in [0.4, 0.5) is 4.39 Å². The average molecular weight is 443 g/mol. The highest BCUT2D eigenvalue weighted by Crippen LogP contribution is 2.21. The second kappa shape index (κ2) is 23.3. The second-order valence-corrected chi connectivity index (χ2v) is 6.60. The minimum Gasteiger partial charge on any atom is -0.379 e. The van der Waals surface area contributed by atoms with Crippen LogP contribution in [0.3, 0.4) is 0 Å². The fraction of sp³-hybridized carbons (Fsp3) is 1.00. The SMILES string of the molecule is CCOCCOCC(COCCOCC)(COCCOCC)COCCOCCF. The molecule has 0 aliphatic carbocycles. The van der Waals surface area contributed by atoms with E-state index in [4.69, 9.17) is 37.9 Å². The average Bonchev–Trinajstić information content (AvgIpc) is 2.75. The molecule has 30 heavy (non-hydrogen) atoms. The molecule has 182 valence electrons. The number of hydrogen-bond donors (Lipinski definition) is 0. The third-order valence-electron chi connectivity index (χ3n) is 3.95. The molecule has 0 radical (unpaired) electrons. The molecule has 0 fully saturated rings. The van der Waals surface area contributed by atoms with E-state index in [0.717, 1.165) is 0 Å². The molecule has 0 bridgehead atoms. The quantitative estimate of drug-likeness (QED) is 0.199. The van der Waals surface area contributed by atoms with Gasteiger partial charge in [-0.05, 0) is 20.8 Å². The number of alkyl halides is 1. The Balaban J connectivity index is 4.69. The van der Waals surface area contributed by atoms with Crippen LogP contribution in [0.1, 0.15) is 20.8 Å². The van der Waals surface area contributed by atoms with Crippen LogP contribution in [0.2, 0.25) is 0 Å². The standard InChI is InChI=1S/C21H43FO8/c1-4-23-9-13-27-17-21(18-28-14-10-24-5-2,19-29-15-11-25-6-3)20-30-16-12-26-8-7-22/h4-20H2,1-3H3. The zero-order valence-corrected chi connectivity index (χ0v) is 19.2. The largest absolute Gasteiger partial charge is 0.379 e. The van der Waals surface area contributed by atoms with E-state index < -0.39 is 12.1 Å². The van der Waals surface area contributed by atoms with Gasteiger partial charge >= 0.3 is 0 Å². The first-order valence-corrected chi connectivity index (χ1v) is 10.9. The molecule has 0 atom stereocenters. The van der Waals surface area contributed by atoms with Gasteiger partial charge in [0.25, 0.3) is 0 Å². The van der Waals surface area contributed by atoms with Crippen molar-refractivity contribution < 1.29 is 42.3 Å². The first-order chi connectivity index (χ1) is 14.7. The van der Waals surface area contributed by atoms with Crippen LogP contribution in [0.15, 0.2) is 0 Å². The van der Waals surface area contributed by atoms with Crippen molar-refractivity contribution in [1.82, 2.24) is 0 Å². The van der Waals surface area contributed by atoms with Gasteiger partial charge in [-0.15, -0.1) is 0 Å². The smallest absolute Gasteiger partial charge is 0.113 e. The van der Waals surface area contributed by atoms with Crippen molar-refractivity contribution in [2.24, 2.45) is 5.41 Å². The Morgan fingerprint density at radius 1 is 0.433 bits per heavy atom. The number of hydrogen-bond acceptors (Lipinski definition) is 8. The van der Waals surface area contributed by atoms with Gasteiger partial charge in [-0.3, -0.25) is 0 Å². The molecule has 0 aromatic rings. The third-order valence-corrected chi connectivity index (χ3v) is 3.95. The number of rotatable bonds is 25. The molecule has 0 rings (SSSR count). The molecule has 0 aliphatic heterocycles. The molecule has 0 saturated carbocycles. The Labute approximate surface area is 181 Å². The molecule has 8 nitrogen and oxygen atoms in total. The summed E-state index contributed by atoms with van der Waals surface area (Å²) in [6, 6.07) is 0. The summed E-state index contributed by atoms with van der Waals surface area (Å²) in [5.41, 5.74) is -0.495. The molecule has 0 amide bonds. The van der Waals surface area contributed by atoms with E-state index in [1.807, 2.05) is 20.8 Å². The van der Waals surface area contributed by atoms with Crippen molar-refractivity contribution >= 4 is 0 Å². The summed E-state index contributed by atoms with van der Waals surface area (Å²) in [4.78, 5) is 0. The maximum absolute atomic E-state index is 12.1. The lowest BCUT2D eigenvalue weighted by Crippen LogP contribution is -2.42. The zero-order valence-electron chi connectivity index (χ0n) is 19.2. The van der Waals surface area contributed by atoms with E-state index in [1.165, 1.54) is 0 Å². The minimum absolute atomic E-state index is 0.0795. The monoisotopic (exact) mass is 442 g/mol. The van der Waals surface area contributed by atoms with Crippen molar-refractivity contribution in [3.8, 4) is 0 Å². The lowest BCUT2D eigenvalue weighted by Gasteiger charge is -2.33. The van der Waals surface area contributed by atoms with E-state index in [0.29, 0.717) is 99.1 Å². The van der Waals surface area contributed by atoms with Crippen LogP contribution in [0.5, 0.6) is 0 Å². The molecule has 0 aromatic carbocycles. The molecular weight excluding hydrogens is 399 g/mol. The first kappa shape index (κ1) is 29.6. The first-order valence-electron chi connectivity index (χ1n) is 10.9. The lowest BCUT2D eigenvalue weighted by atomic mass is 9.92. The van der Waals surface area contributed by atoms with Crippen molar-refractivity contribution in [2.45, 2.75) is 20.8 Å². The fourth-order valence-corrected chi connectivity index (χ4v) is 2.47. The highest BCUT2D eigenvalue weighted by atomic mass is 19.1. The summed E-state index contributed by atoms with van der Waals surface area (Å²) in [6.07, 6.45) is 0. The highest BCUT2D eigenvalue weighted by Gasteiger charge is 2.32. The van der Waals surface area contributed by atoms with Gasteiger partial charge < -0.3 is 37.9 Å². The van der Waals surface area contributed by atoms with Crippen LogP contribution in [-0.2, 0) is 37.9 Å². The van der Waals surface area contributed by atoms with Gasteiger partial charge in [-0.1, -0.05) is 0 Å². The predicted octanol–water partition coefficient (Wildman–Crippen LogP) is 2.13. The molecule has 9 heteroatoms. The van der Waals surface area contributed by atoms with E-state index >= 15 is 0 Å². The van der Waals surface area contributed by atoms with Crippen LogP contribution in [0.25, 0.3) is 0 Å². The van der Waals surface area contributed by atoms with Crippen LogP contribution < -0.4 is 0 Å². The van der Waals surface area contributed by atoms with Gasteiger partial charge in [-0.25, -0.2) is 4.39 Å². The van der Waals surface area contributed by atoms with Gasteiger partial charge in [0.1, 0.15) is 6.67 Å². The van der Waals surface area contributed by atoms with E-state index in [2.05, 4.69) is 0 Å².